The van der Waals surface area contributed by atoms with E-state index in [1.165, 1.54) is 0 Å². The van der Waals surface area contributed by atoms with Crippen LogP contribution >= 0.6 is 0 Å². The average molecular weight is 391 g/mol. The maximum atomic E-state index is 12.7. The lowest BCUT2D eigenvalue weighted by atomic mass is 10.1. The van der Waals surface area contributed by atoms with Crippen LogP contribution in [0.25, 0.3) is 11.1 Å². The number of guanidine groups is 1. The third-order valence-electron chi connectivity index (χ3n) is 4.58. The van der Waals surface area contributed by atoms with Crippen molar-refractivity contribution in [3.8, 4) is 0 Å². The second-order valence-electron chi connectivity index (χ2n) is 6.40. The molecule has 1 aromatic heterocycles. The van der Waals surface area contributed by atoms with Gasteiger partial charge in [0.15, 0.2) is 5.58 Å². The first-order valence-electron chi connectivity index (χ1n) is 8.97. The summed E-state index contributed by atoms with van der Waals surface area (Å²) in [5, 5.41) is 2.41. The van der Waals surface area contributed by atoms with Crippen LogP contribution in [-0.2, 0) is 4.79 Å². The molecule has 9 heteroatoms. The second-order valence-corrected chi connectivity index (χ2v) is 6.40. The summed E-state index contributed by atoms with van der Waals surface area (Å²) in [7, 11) is 0. The van der Waals surface area contributed by atoms with Crippen LogP contribution in [0.1, 0.15) is 34.1 Å². The molecule has 0 saturated carbocycles. The Hall–Kier alpha value is -4.01. The highest BCUT2D eigenvalue weighted by molar-refractivity contribution is 6.23. The van der Waals surface area contributed by atoms with Gasteiger partial charge < -0.3 is 10.2 Å². The number of nitrogens with zero attached hydrogens (tertiary/aromatic N) is 3. The van der Waals surface area contributed by atoms with Crippen molar-refractivity contribution in [3.05, 3.63) is 59.7 Å². The van der Waals surface area contributed by atoms with Crippen molar-refractivity contribution < 1.29 is 18.8 Å². The highest BCUT2D eigenvalue weighted by Gasteiger charge is 2.41. The first-order chi connectivity index (χ1) is 14.0. The SMILES string of the molecule is CC[C@H](C(=O)NC(N)=Nc1nc2ccccc2o1)N1C(=O)c2ccccc2C1=O. The van der Waals surface area contributed by atoms with Crippen LogP contribution < -0.4 is 11.1 Å². The molecule has 0 radical (unpaired) electrons. The van der Waals surface area contributed by atoms with E-state index < -0.39 is 23.8 Å². The lowest BCUT2D eigenvalue weighted by Crippen LogP contribution is -2.52. The second kappa shape index (κ2) is 7.19. The Morgan fingerprint density at radius 2 is 1.76 bits per heavy atom. The van der Waals surface area contributed by atoms with Gasteiger partial charge in [-0.25, -0.2) is 0 Å². The summed E-state index contributed by atoms with van der Waals surface area (Å²) in [5.74, 6) is -1.90. The monoisotopic (exact) mass is 391 g/mol. The number of benzene rings is 2. The van der Waals surface area contributed by atoms with E-state index in [0.29, 0.717) is 11.1 Å². The maximum absolute atomic E-state index is 12.7. The number of para-hydroxylation sites is 2. The first-order valence-corrected chi connectivity index (χ1v) is 8.97. The van der Waals surface area contributed by atoms with Crippen LogP contribution in [-0.4, -0.2) is 39.6 Å². The fraction of sp³-hybridized carbons (Fsp3) is 0.150. The number of nitrogens with two attached hydrogens (primary N) is 1. The fourth-order valence-corrected chi connectivity index (χ4v) is 3.22. The Morgan fingerprint density at radius 3 is 2.38 bits per heavy atom. The number of amides is 3. The number of carbonyl (C=O) groups is 3. The molecular formula is C20H17N5O4. The Labute approximate surface area is 165 Å². The van der Waals surface area contributed by atoms with E-state index in [2.05, 4.69) is 15.3 Å². The Balaban J connectivity index is 1.53. The minimum Gasteiger partial charge on any atom is -0.422 e. The van der Waals surface area contributed by atoms with Gasteiger partial charge >= 0.3 is 6.01 Å². The largest absolute Gasteiger partial charge is 0.422 e. The first kappa shape index (κ1) is 18.4. The number of carbonyl (C=O) groups excluding carboxylic acids is 3. The minimum absolute atomic E-state index is 0.0159. The van der Waals surface area contributed by atoms with Gasteiger partial charge in [-0.05, 0) is 30.7 Å². The number of oxazole rings is 1. The van der Waals surface area contributed by atoms with Gasteiger partial charge in [0.2, 0.25) is 11.9 Å². The highest BCUT2D eigenvalue weighted by Crippen LogP contribution is 2.25. The van der Waals surface area contributed by atoms with Gasteiger partial charge in [-0.1, -0.05) is 31.2 Å². The maximum Gasteiger partial charge on any atom is 0.325 e. The van der Waals surface area contributed by atoms with E-state index in [1.54, 1.807) is 55.5 Å². The van der Waals surface area contributed by atoms with E-state index in [-0.39, 0.29) is 29.5 Å². The Bertz CT molecular complexity index is 1100. The number of imide groups is 1. The third kappa shape index (κ3) is 3.22. The summed E-state index contributed by atoms with van der Waals surface area (Å²) in [6.45, 7) is 1.70. The smallest absolute Gasteiger partial charge is 0.325 e. The van der Waals surface area contributed by atoms with Gasteiger partial charge in [0.25, 0.3) is 11.8 Å². The molecule has 3 amide bonds. The molecule has 0 bridgehead atoms. The number of nitrogens with one attached hydrogen (secondary N) is 1. The van der Waals surface area contributed by atoms with Crippen molar-refractivity contribution in [3.63, 3.8) is 0 Å². The van der Waals surface area contributed by atoms with Crippen molar-refractivity contribution in [2.75, 3.05) is 0 Å². The molecule has 0 spiro atoms. The van der Waals surface area contributed by atoms with Crippen LogP contribution in [0.4, 0.5) is 6.01 Å². The van der Waals surface area contributed by atoms with Crippen molar-refractivity contribution >= 4 is 40.8 Å². The molecule has 146 valence electrons. The van der Waals surface area contributed by atoms with Crippen LogP contribution in [0.5, 0.6) is 0 Å². The van der Waals surface area contributed by atoms with Gasteiger partial charge in [0, 0.05) is 0 Å². The zero-order valence-electron chi connectivity index (χ0n) is 15.5. The molecule has 29 heavy (non-hydrogen) atoms. The van der Waals surface area contributed by atoms with E-state index in [0.717, 1.165) is 4.90 Å². The molecule has 0 saturated heterocycles. The van der Waals surface area contributed by atoms with Crippen LogP contribution in [0.3, 0.4) is 0 Å². The number of aliphatic imine (C=N–C) groups is 1. The van der Waals surface area contributed by atoms with Crippen LogP contribution in [0, 0.1) is 0 Å². The Morgan fingerprint density at radius 1 is 1.14 bits per heavy atom. The molecule has 3 N–H and O–H groups in total. The molecule has 2 heterocycles. The minimum atomic E-state index is -1.03. The summed E-state index contributed by atoms with van der Waals surface area (Å²) in [5.41, 5.74) is 7.48. The van der Waals surface area contributed by atoms with Crippen molar-refractivity contribution in [2.24, 2.45) is 10.7 Å². The summed E-state index contributed by atoms with van der Waals surface area (Å²) in [6.07, 6.45) is 0.216. The average Bonchev–Trinajstić information content (AvgIpc) is 3.22. The molecular weight excluding hydrogens is 374 g/mol. The fourth-order valence-electron chi connectivity index (χ4n) is 3.22. The molecule has 0 unspecified atom stereocenters. The molecule has 9 nitrogen and oxygen atoms in total. The quantitative estimate of drug-likeness (QED) is 0.397. The zero-order chi connectivity index (χ0) is 20.5. The van der Waals surface area contributed by atoms with Crippen molar-refractivity contribution in [2.45, 2.75) is 19.4 Å². The topological polar surface area (TPSA) is 131 Å². The van der Waals surface area contributed by atoms with Crippen LogP contribution in [0.15, 0.2) is 57.9 Å². The number of fused-ring (bicyclic) bond motifs is 2. The Kier molecular flexibility index (Phi) is 4.55. The normalized spacial score (nSPS) is 14.9. The lowest BCUT2D eigenvalue weighted by molar-refractivity contribution is -0.123. The summed E-state index contributed by atoms with van der Waals surface area (Å²) in [6, 6.07) is 12.5. The van der Waals surface area contributed by atoms with E-state index >= 15 is 0 Å². The van der Waals surface area contributed by atoms with Gasteiger partial charge in [-0.15, -0.1) is 0 Å². The molecule has 0 aliphatic carbocycles. The molecule has 1 aliphatic heterocycles. The molecule has 0 fully saturated rings. The van der Waals surface area contributed by atoms with E-state index in [4.69, 9.17) is 10.2 Å². The molecule has 3 aromatic rings. The van der Waals surface area contributed by atoms with Crippen molar-refractivity contribution in [1.82, 2.24) is 15.2 Å². The molecule has 2 aromatic carbocycles. The van der Waals surface area contributed by atoms with Gasteiger partial charge in [-0.3, -0.25) is 24.6 Å². The highest BCUT2D eigenvalue weighted by atomic mass is 16.4. The summed E-state index contributed by atoms with van der Waals surface area (Å²) < 4.78 is 5.43. The molecule has 1 aliphatic rings. The predicted octanol–water partition coefficient (Wildman–Crippen LogP) is 1.96. The molecule has 4 rings (SSSR count). The zero-order valence-corrected chi connectivity index (χ0v) is 15.5. The van der Waals surface area contributed by atoms with E-state index in [9.17, 15) is 14.4 Å². The van der Waals surface area contributed by atoms with Gasteiger partial charge in [0.05, 0.1) is 11.1 Å². The summed E-state index contributed by atoms with van der Waals surface area (Å²) >= 11 is 0. The van der Waals surface area contributed by atoms with E-state index in [1.807, 2.05) is 0 Å². The van der Waals surface area contributed by atoms with Gasteiger partial charge in [0.1, 0.15) is 11.6 Å². The molecule has 1 atom stereocenters. The van der Waals surface area contributed by atoms with Gasteiger partial charge in [-0.2, -0.15) is 9.98 Å². The number of hydrogen-bond acceptors (Lipinski definition) is 6. The number of rotatable bonds is 4. The predicted molar refractivity (Wildman–Crippen MR) is 104 cm³/mol. The lowest BCUT2D eigenvalue weighted by Gasteiger charge is -2.23. The number of hydrogen-bond donors (Lipinski definition) is 2. The number of aromatic nitrogens is 1. The standard InChI is InChI=1S/C20H17N5O4/c1-2-14(25-17(27)11-7-3-4-8-12(11)18(25)28)16(26)23-19(21)24-20-22-13-9-5-6-10-15(13)29-20/h3-10,14H,2H2,1H3,(H3,21,22,23,24,26)/t14-/m1/s1. The van der Waals surface area contributed by atoms with Crippen molar-refractivity contribution in [1.29, 1.82) is 0 Å². The third-order valence-corrected chi connectivity index (χ3v) is 4.58. The summed E-state index contributed by atoms with van der Waals surface area (Å²) in [4.78, 5) is 47.0. The van der Waals surface area contributed by atoms with Crippen LogP contribution in [0.2, 0.25) is 0 Å².